The summed E-state index contributed by atoms with van der Waals surface area (Å²) < 4.78 is 1.92. The number of hydrogen-bond donors (Lipinski definition) is 1. The molecule has 0 aliphatic carbocycles. The van der Waals surface area contributed by atoms with Gasteiger partial charge in [0.1, 0.15) is 5.69 Å². The van der Waals surface area contributed by atoms with Crippen LogP contribution >= 0.6 is 11.8 Å². The highest BCUT2D eigenvalue weighted by molar-refractivity contribution is 7.99. The van der Waals surface area contributed by atoms with Crippen LogP contribution in [0.3, 0.4) is 0 Å². The second-order valence-electron chi connectivity index (χ2n) is 3.91. The molecule has 2 N–H and O–H groups in total. The van der Waals surface area contributed by atoms with Gasteiger partial charge in [0.25, 0.3) is 5.56 Å². The van der Waals surface area contributed by atoms with Crippen LogP contribution in [0.5, 0.6) is 0 Å². The number of aromatic nitrogens is 2. The molecule has 1 aromatic rings. The molecule has 1 aliphatic heterocycles. The molecule has 1 aromatic heterocycles. The number of hydrogen-bond acceptors (Lipinski definition) is 4. The van der Waals surface area contributed by atoms with Crippen molar-refractivity contribution in [3.8, 4) is 0 Å². The Labute approximate surface area is 92.9 Å². The van der Waals surface area contributed by atoms with Gasteiger partial charge in [0.05, 0.1) is 6.33 Å². The lowest BCUT2D eigenvalue weighted by Crippen LogP contribution is -2.20. The van der Waals surface area contributed by atoms with E-state index in [1.807, 2.05) is 16.3 Å². The minimum absolute atomic E-state index is 0.237. The summed E-state index contributed by atoms with van der Waals surface area (Å²) in [5.74, 6) is 3.17. The van der Waals surface area contributed by atoms with Gasteiger partial charge >= 0.3 is 0 Å². The third-order valence-corrected chi connectivity index (χ3v) is 3.88. The van der Waals surface area contributed by atoms with Crippen molar-refractivity contribution in [2.24, 2.45) is 5.92 Å². The maximum atomic E-state index is 11.0. The predicted octanol–water partition coefficient (Wildman–Crippen LogP) is 0.969. The molecule has 2 heterocycles. The van der Waals surface area contributed by atoms with Crippen molar-refractivity contribution in [1.82, 2.24) is 9.55 Å². The summed E-state index contributed by atoms with van der Waals surface area (Å²) in [4.78, 5) is 14.7. The van der Waals surface area contributed by atoms with Crippen LogP contribution in [0.1, 0.15) is 12.8 Å². The first-order chi connectivity index (χ1) is 7.25. The Kier molecular flexibility index (Phi) is 3.30. The standard InChI is InChI=1S/C10H15N3OS/c11-9-5-13(7-12-10(9)14)4-8-2-1-3-15-6-8/h5,7-8H,1-4,6,11H2. The molecular weight excluding hydrogens is 210 g/mol. The van der Waals surface area contributed by atoms with Crippen molar-refractivity contribution >= 4 is 17.4 Å². The Morgan fingerprint density at radius 2 is 2.53 bits per heavy atom. The van der Waals surface area contributed by atoms with Gasteiger partial charge in [-0.2, -0.15) is 16.7 Å². The maximum Gasteiger partial charge on any atom is 0.295 e. The number of nitrogens with zero attached hydrogens (tertiary/aromatic N) is 2. The topological polar surface area (TPSA) is 60.9 Å². The quantitative estimate of drug-likeness (QED) is 0.814. The van der Waals surface area contributed by atoms with Gasteiger partial charge in [-0.15, -0.1) is 0 Å². The number of anilines is 1. The van der Waals surface area contributed by atoms with E-state index in [1.165, 1.54) is 24.3 Å². The number of rotatable bonds is 2. The predicted molar refractivity (Wildman–Crippen MR) is 63.0 cm³/mol. The second-order valence-corrected chi connectivity index (χ2v) is 5.06. The molecule has 0 amide bonds. The molecule has 1 saturated heterocycles. The fraction of sp³-hybridized carbons (Fsp3) is 0.600. The van der Waals surface area contributed by atoms with Crippen LogP contribution in [-0.4, -0.2) is 21.1 Å². The molecule has 2 rings (SSSR count). The lowest BCUT2D eigenvalue weighted by molar-refractivity contribution is 0.441. The molecular formula is C10H15N3OS. The van der Waals surface area contributed by atoms with E-state index in [0.717, 1.165) is 6.54 Å². The molecule has 0 radical (unpaired) electrons. The first-order valence-electron chi connectivity index (χ1n) is 5.15. The molecule has 5 heteroatoms. The molecule has 0 spiro atoms. The minimum atomic E-state index is -0.329. The first-order valence-corrected chi connectivity index (χ1v) is 6.30. The van der Waals surface area contributed by atoms with E-state index < -0.39 is 0 Å². The summed E-state index contributed by atoms with van der Waals surface area (Å²) in [5.41, 5.74) is 5.43. The Hall–Kier alpha value is -0.970. The molecule has 1 unspecified atom stereocenters. The highest BCUT2D eigenvalue weighted by Crippen LogP contribution is 2.23. The van der Waals surface area contributed by atoms with E-state index in [-0.39, 0.29) is 11.2 Å². The maximum absolute atomic E-state index is 11.0. The van der Waals surface area contributed by atoms with E-state index in [1.54, 1.807) is 12.5 Å². The Balaban J connectivity index is 2.03. The van der Waals surface area contributed by atoms with Crippen molar-refractivity contribution in [2.75, 3.05) is 17.2 Å². The SMILES string of the molecule is Nc1cn(CC2CCCSC2)cnc1=O. The largest absolute Gasteiger partial charge is 0.393 e. The second kappa shape index (κ2) is 4.70. The molecule has 0 bridgehead atoms. The van der Waals surface area contributed by atoms with Gasteiger partial charge in [0.15, 0.2) is 0 Å². The number of nitrogens with two attached hydrogens (primary N) is 1. The highest BCUT2D eigenvalue weighted by Gasteiger charge is 2.13. The van der Waals surface area contributed by atoms with Crippen LogP contribution in [0.2, 0.25) is 0 Å². The van der Waals surface area contributed by atoms with Gasteiger partial charge in [-0.05, 0) is 30.3 Å². The zero-order valence-corrected chi connectivity index (χ0v) is 9.37. The zero-order chi connectivity index (χ0) is 10.7. The third kappa shape index (κ3) is 2.75. The molecule has 1 fully saturated rings. The van der Waals surface area contributed by atoms with Gasteiger partial charge in [-0.25, -0.2) is 0 Å². The fourth-order valence-electron chi connectivity index (χ4n) is 1.82. The van der Waals surface area contributed by atoms with E-state index >= 15 is 0 Å². The van der Waals surface area contributed by atoms with Gasteiger partial charge in [-0.3, -0.25) is 4.79 Å². The average molecular weight is 225 g/mol. The van der Waals surface area contributed by atoms with Gasteiger partial charge in [0.2, 0.25) is 0 Å². The molecule has 4 nitrogen and oxygen atoms in total. The lowest BCUT2D eigenvalue weighted by Gasteiger charge is -2.22. The highest BCUT2D eigenvalue weighted by atomic mass is 32.2. The normalized spacial score (nSPS) is 21.5. The summed E-state index contributed by atoms with van der Waals surface area (Å²) in [7, 11) is 0. The van der Waals surface area contributed by atoms with Gasteiger partial charge in [-0.1, -0.05) is 0 Å². The molecule has 1 atom stereocenters. The summed E-state index contributed by atoms with van der Waals surface area (Å²) in [6.45, 7) is 0.921. The Bertz CT molecular complexity index is 384. The summed E-state index contributed by atoms with van der Waals surface area (Å²) in [6, 6.07) is 0. The van der Waals surface area contributed by atoms with Gasteiger partial charge in [0, 0.05) is 12.7 Å². The molecule has 0 aromatic carbocycles. The first kappa shape index (κ1) is 10.5. The van der Waals surface area contributed by atoms with E-state index in [9.17, 15) is 4.79 Å². The number of nitrogen functional groups attached to an aromatic ring is 1. The summed E-state index contributed by atoms with van der Waals surface area (Å²) in [5, 5.41) is 0. The summed E-state index contributed by atoms with van der Waals surface area (Å²) in [6.07, 6.45) is 5.82. The molecule has 1 aliphatic rings. The lowest BCUT2D eigenvalue weighted by atomic mass is 10.1. The average Bonchev–Trinajstić information content (AvgIpc) is 2.25. The molecule has 15 heavy (non-hydrogen) atoms. The van der Waals surface area contributed by atoms with Crippen molar-refractivity contribution in [2.45, 2.75) is 19.4 Å². The van der Waals surface area contributed by atoms with Crippen LogP contribution in [-0.2, 0) is 6.54 Å². The Morgan fingerprint density at radius 1 is 1.67 bits per heavy atom. The zero-order valence-electron chi connectivity index (χ0n) is 8.56. The fourth-order valence-corrected chi connectivity index (χ4v) is 2.96. The third-order valence-electron chi connectivity index (χ3n) is 2.60. The summed E-state index contributed by atoms with van der Waals surface area (Å²) >= 11 is 2.00. The monoisotopic (exact) mass is 225 g/mol. The van der Waals surface area contributed by atoms with Crippen LogP contribution in [0.4, 0.5) is 5.69 Å². The Morgan fingerprint density at radius 3 is 3.20 bits per heavy atom. The van der Waals surface area contributed by atoms with E-state index in [2.05, 4.69) is 4.98 Å². The van der Waals surface area contributed by atoms with E-state index in [4.69, 9.17) is 5.73 Å². The van der Waals surface area contributed by atoms with Crippen LogP contribution in [0, 0.1) is 5.92 Å². The minimum Gasteiger partial charge on any atom is -0.393 e. The number of thioether (sulfide) groups is 1. The van der Waals surface area contributed by atoms with Crippen molar-refractivity contribution < 1.29 is 0 Å². The van der Waals surface area contributed by atoms with Crippen LogP contribution in [0.15, 0.2) is 17.3 Å². The molecule has 82 valence electrons. The smallest absolute Gasteiger partial charge is 0.295 e. The van der Waals surface area contributed by atoms with Gasteiger partial charge < -0.3 is 10.3 Å². The van der Waals surface area contributed by atoms with Crippen LogP contribution in [0.25, 0.3) is 0 Å². The van der Waals surface area contributed by atoms with Crippen molar-refractivity contribution in [3.63, 3.8) is 0 Å². The van der Waals surface area contributed by atoms with Crippen molar-refractivity contribution in [3.05, 3.63) is 22.9 Å². The van der Waals surface area contributed by atoms with Crippen LogP contribution < -0.4 is 11.3 Å². The molecule has 0 saturated carbocycles. The van der Waals surface area contributed by atoms with Crippen molar-refractivity contribution in [1.29, 1.82) is 0 Å². The van der Waals surface area contributed by atoms with E-state index in [0.29, 0.717) is 5.92 Å².